The van der Waals surface area contributed by atoms with Crippen molar-refractivity contribution in [3.05, 3.63) is 65.2 Å². The fourth-order valence-corrected chi connectivity index (χ4v) is 3.01. The molecule has 0 fully saturated rings. The van der Waals surface area contributed by atoms with Crippen molar-refractivity contribution < 1.29 is 4.74 Å². The molecule has 0 heterocycles. The SMILES string of the molecule is Cc1cccc(OCCNC2CCc3ccccc3C2)c1. The molecular weight excluding hydrogens is 258 g/mol. The minimum absolute atomic E-state index is 0.584. The second kappa shape index (κ2) is 6.77. The maximum absolute atomic E-state index is 5.78. The standard InChI is InChI=1S/C19H23NO/c1-15-5-4-8-19(13-15)21-12-11-20-18-10-9-16-6-2-3-7-17(16)14-18/h2-8,13,18,20H,9-12,14H2,1H3. The second-order valence-corrected chi connectivity index (χ2v) is 5.83. The molecule has 0 saturated heterocycles. The van der Waals surface area contributed by atoms with Crippen molar-refractivity contribution in [2.75, 3.05) is 13.2 Å². The van der Waals surface area contributed by atoms with Gasteiger partial charge in [-0.25, -0.2) is 0 Å². The second-order valence-electron chi connectivity index (χ2n) is 5.83. The topological polar surface area (TPSA) is 21.3 Å². The first-order valence-corrected chi connectivity index (χ1v) is 7.81. The quantitative estimate of drug-likeness (QED) is 0.847. The van der Waals surface area contributed by atoms with Gasteiger partial charge in [0.25, 0.3) is 0 Å². The molecule has 110 valence electrons. The number of fused-ring (bicyclic) bond motifs is 1. The van der Waals surface area contributed by atoms with Crippen LogP contribution in [-0.4, -0.2) is 19.2 Å². The molecule has 0 bridgehead atoms. The molecule has 1 atom stereocenters. The van der Waals surface area contributed by atoms with Crippen LogP contribution in [0.1, 0.15) is 23.1 Å². The number of benzene rings is 2. The van der Waals surface area contributed by atoms with E-state index in [-0.39, 0.29) is 0 Å². The Bertz CT molecular complexity index is 594. The number of nitrogens with one attached hydrogen (secondary N) is 1. The number of hydrogen-bond acceptors (Lipinski definition) is 2. The van der Waals surface area contributed by atoms with Crippen LogP contribution in [0.5, 0.6) is 5.75 Å². The zero-order valence-electron chi connectivity index (χ0n) is 12.6. The third-order valence-electron chi connectivity index (χ3n) is 4.14. The summed E-state index contributed by atoms with van der Waals surface area (Å²) in [5, 5.41) is 3.62. The summed E-state index contributed by atoms with van der Waals surface area (Å²) in [6.07, 6.45) is 3.55. The first kappa shape index (κ1) is 14.2. The van der Waals surface area contributed by atoms with Crippen molar-refractivity contribution >= 4 is 0 Å². The van der Waals surface area contributed by atoms with E-state index < -0.39 is 0 Å². The van der Waals surface area contributed by atoms with Gasteiger partial charge in [-0.3, -0.25) is 0 Å². The van der Waals surface area contributed by atoms with Gasteiger partial charge in [-0.2, -0.15) is 0 Å². The van der Waals surface area contributed by atoms with Crippen LogP contribution in [0.15, 0.2) is 48.5 Å². The predicted octanol–water partition coefficient (Wildman–Crippen LogP) is 3.52. The Kier molecular flexibility index (Phi) is 4.56. The summed E-state index contributed by atoms with van der Waals surface area (Å²) in [6, 6.07) is 17.6. The summed E-state index contributed by atoms with van der Waals surface area (Å²) in [7, 11) is 0. The molecule has 2 heteroatoms. The summed E-state index contributed by atoms with van der Waals surface area (Å²) < 4.78 is 5.78. The lowest BCUT2D eigenvalue weighted by Crippen LogP contribution is -2.36. The Morgan fingerprint density at radius 3 is 2.81 bits per heavy atom. The molecule has 21 heavy (non-hydrogen) atoms. The molecule has 0 aliphatic heterocycles. The van der Waals surface area contributed by atoms with Crippen LogP contribution < -0.4 is 10.1 Å². The van der Waals surface area contributed by atoms with E-state index in [4.69, 9.17) is 4.74 Å². The number of aryl methyl sites for hydroxylation is 2. The van der Waals surface area contributed by atoms with Gasteiger partial charge in [0.2, 0.25) is 0 Å². The number of ether oxygens (including phenoxy) is 1. The highest BCUT2D eigenvalue weighted by molar-refractivity contribution is 5.30. The van der Waals surface area contributed by atoms with Gasteiger partial charge in [-0.05, 0) is 55.0 Å². The minimum Gasteiger partial charge on any atom is -0.492 e. The van der Waals surface area contributed by atoms with Crippen molar-refractivity contribution in [2.45, 2.75) is 32.2 Å². The average Bonchev–Trinajstić information content (AvgIpc) is 2.51. The lowest BCUT2D eigenvalue weighted by atomic mass is 9.88. The normalized spacial score (nSPS) is 17.3. The van der Waals surface area contributed by atoms with Gasteiger partial charge < -0.3 is 10.1 Å². The summed E-state index contributed by atoms with van der Waals surface area (Å²) >= 11 is 0. The zero-order valence-corrected chi connectivity index (χ0v) is 12.6. The van der Waals surface area contributed by atoms with E-state index in [1.165, 1.54) is 29.5 Å². The fourth-order valence-electron chi connectivity index (χ4n) is 3.01. The summed E-state index contributed by atoms with van der Waals surface area (Å²) in [5.41, 5.74) is 4.26. The molecule has 0 saturated carbocycles. The maximum atomic E-state index is 5.78. The van der Waals surface area contributed by atoms with Gasteiger partial charge in [0.1, 0.15) is 12.4 Å². The molecule has 3 rings (SSSR count). The minimum atomic E-state index is 0.584. The Morgan fingerprint density at radius 2 is 1.95 bits per heavy atom. The van der Waals surface area contributed by atoms with E-state index in [0.717, 1.165) is 25.3 Å². The molecule has 1 aliphatic rings. The lowest BCUT2D eigenvalue weighted by Gasteiger charge is -2.25. The Hall–Kier alpha value is -1.80. The van der Waals surface area contributed by atoms with Gasteiger partial charge in [0.05, 0.1) is 0 Å². The Labute approximate surface area is 127 Å². The van der Waals surface area contributed by atoms with E-state index in [1.807, 2.05) is 12.1 Å². The van der Waals surface area contributed by atoms with Crippen molar-refractivity contribution in [1.82, 2.24) is 5.32 Å². The molecule has 2 nitrogen and oxygen atoms in total. The average molecular weight is 281 g/mol. The highest BCUT2D eigenvalue weighted by atomic mass is 16.5. The van der Waals surface area contributed by atoms with Crippen LogP contribution in [0, 0.1) is 6.92 Å². The molecule has 1 unspecified atom stereocenters. The van der Waals surface area contributed by atoms with Crippen molar-refractivity contribution in [2.24, 2.45) is 0 Å². The highest BCUT2D eigenvalue weighted by Crippen LogP contribution is 2.20. The van der Waals surface area contributed by atoms with Crippen molar-refractivity contribution in [3.8, 4) is 5.75 Å². The van der Waals surface area contributed by atoms with Crippen LogP contribution in [0.25, 0.3) is 0 Å². The van der Waals surface area contributed by atoms with Gasteiger partial charge in [0.15, 0.2) is 0 Å². The van der Waals surface area contributed by atoms with Crippen LogP contribution >= 0.6 is 0 Å². The van der Waals surface area contributed by atoms with E-state index in [1.54, 1.807) is 0 Å². The molecule has 2 aromatic carbocycles. The maximum Gasteiger partial charge on any atom is 0.119 e. The Morgan fingerprint density at radius 1 is 1.10 bits per heavy atom. The van der Waals surface area contributed by atoms with E-state index >= 15 is 0 Å². The van der Waals surface area contributed by atoms with Crippen LogP contribution in [0.4, 0.5) is 0 Å². The van der Waals surface area contributed by atoms with Gasteiger partial charge in [-0.1, -0.05) is 36.4 Å². The number of rotatable bonds is 5. The molecule has 0 amide bonds. The summed E-state index contributed by atoms with van der Waals surface area (Å²) in [5.74, 6) is 0.964. The smallest absolute Gasteiger partial charge is 0.119 e. The summed E-state index contributed by atoms with van der Waals surface area (Å²) in [6.45, 7) is 3.72. The Balaban J connectivity index is 1.43. The van der Waals surface area contributed by atoms with Crippen molar-refractivity contribution in [1.29, 1.82) is 0 Å². The predicted molar refractivity (Wildman–Crippen MR) is 86.9 cm³/mol. The van der Waals surface area contributed by atoms with E-state index in [0.29, 0.717) is 6.04 Å². The van der Waals surface area contributed by atoms with Crippen LogP contribution in [0.2, 0.25) is 0 Å². The zero-order chi connectivity index (χ0) is 14.5. The largest absolute Gasteiger partial charge is 0.492 e. The third kappa shape index (κ3) is 3.85. The first-order valence-electron chi connectivity index (χ1n) is 7.81. The monoisotopic (exact) mass is 281 g/mol. The number of hydrogen-bond donors (Lipinski definition) is 1. The molecule has 0 radical (unpaired) electrons. The first-order chi connectivity index (χ1) is 10.3. The molecule has 0 aromatic heterocycles. The molecule has 1 N–H and O–H groups in total. The molecule has 2 aromatic rings. The highest BCUT2D eigenvalue weighted by Gasteiger charge is 2.17. The van der Waals surface area contributed by atoms with Gasteiger partial charge in [-0.15, -0.1) is 0 Å². The molecular formula is C19H23NO. The van der Waals surface area contributed by atoms with Gasteiger partial charge in [0, 0.05) is 12.6 Å². The lowest BCUT2D eigenvalue weighted by molar-refractivity contribution is 0.300. The van der Waals surface area contributed by atoms with Gasteiger partial charge >= 0.3 is 0 Å². The molecule has 0 spiro atoms. The third-order valence-corrected chi connectivity index (χ3v) is 4.14. The molecule has 1 aliphatic carbocycles. The van der Waals surface area contributed by atoms with E-state index in [2.05, 4.69) is 48.6 Å². The fraction of sp³-hybridized carbons (Fsp3) is 0.368. The van der Waals surface area contributed by atoms with E-state index in [9.17, 15) is 0 Å². The van der Waals surface area contributed by atoms with Crippen LogP contribution in [-0.2, 0) is 12.8 Å². The van der Waals surface area contributed by atoms with Crippen LogP contribution in [0.3, 0.4) is 0 Å². The van der Waals surface area contributed by atoms with Crippen molar-refractivity contribution in [3.63, 3.8) is 0 Å². The summed E-state index contributed by atoms with van der Waals surface area (Å²) in [4.78, 5) is 0.